The summed E-state index contributed by atoms with van der Waals surface area (Å²) in [5.41, 5.74) is 11.3. The maximum atomic E-state index is 4.10. The number of hydrogen-bond acceptors (Lipinski definition) is 0. The van der Waals surface area contributed by atoms with Crippen molar-refractivity contribution in [3.63, 3.8) is 0 Å². The lowest BCUT2D eigenvalue weighted by Crippen LogP contribution is -2.48. The van der Waals surface area contributed by atoms with Crippen LogP contribution in [0.4, 0.5) is 0 Å². The molecule has 0 amide bonds. The van der Waals surface area contributed by atoms with Crippen LogP contribution in [0.5, 0.6) is 0 Å². The number of benzene rings is 2. The van der Waals surface area contributed by atoms with Gasteiger partial charge in [-0.1, -0.05) is 30.9 Å². The molecule has 2 aliphatic rings. The number of rotatable bonds is 1. The van der Waals surface area contributed by atoms with Gasteiger partial charge in [0.25, 0.3) is 0 Å². The zero-order valence-electron chi connectivity index (χ0n) is 19.8. The fourth-order valence-corrected chi connectivity index (χ4v) is 6.25. The number of aryl methyl sites for hydroxylation is 1. The van der Waals surface area contributed by atoms with Crippen molar-refractivity contribution < 1.29 is 9.13 Å². The van der Waals surface area contributed by atoms with Crippen molar-refractivity contribution in [3.05, 3.63) is 120 Å². The van der Waals surface area contributed by atoms with Gasteiger partial charge in [0.15, 0.2) is 24.6 Å². The van der Waals surface area contributed by atoms with Crippen molar-refractivity contribution in [2.24, 2.45) is 0 Å². The van der Waals surface area contributed by atoms with Crippen molar-refractivity contribution in [1.29, 1.82) is 0 Å². The molecule has 5 heterocycles. The minimum atomic E-state index is 0.174. The van der Waals surface area contributed by atoms with E-state index in [1.807, 2.05) is 6.08 Å². The maximum absolute atomic E-state index is 4.10. The van der Waals surface area contributed by atoms with Crippen LogP contribution in [0.3, 0.4) is 0 Å². The molecule has 3 heteroatoms. The number of pyridine rings is 2. The second-order valence-corrected chi connectivity index (χ2v) is 9.60. The smallest absolute Gasteiger partial charge is 0.218 e. The molecule has 2 unspecified atom stereocenters. The molecule has 0 bridgehead atoms. The molecule has 168 valence electrons. The van der Waals surface area contributed by atoms with Gasteiger partial charge in [0.2, 0.25) is 11.4 Å². The van der Waals surface area contributed by atoms with Crippen LogP contribution in [0.2, 0.25) is 0 Å². The van der Waals surface area contributed by atoms with Crippen molar-refractivity contribution >= 4 is 23.2 Å². The molecule has 7 rings (SSSR count). The molecule has 3 aromatic heterocycles. The van der Waals surface area contributed by atoms with Gasteiger partial charge in [-0.15, -0.1) is 0 Å². The highest BCUT2D eigenvalue weighted by Gasteiger charge is 2.43. The van der Waals surface area contributed by atoms with Crippen LogP contribution in [-0.2, 0) is 0 Å². The predicted molar refractivity (Wildman–Crippen MR) is 142 cm³/mol. The van der Waals surface area contributed by atoms with Gasteiger partial charge in [-0.2, -0.15) is 9.13 Å². The fraction of sp³-hybridized carbons (Fsp3) is 0.125. The van der Waals surface area contributed by atoms with Gasteiger partial charge in [0.05, 0.1) is 11.5 Å². The zero-order chi connectivity index (χ0) is 23.5. The molecule has 35 heavy (non-hydrogen) atoms. The Morgan fingerprint density at radius 1 is 0.886 bits per heavy atom. The summed E-state index contributed by atoms with van der Waals surface area (Å²) < 4.78 is 4.76. The second kappa shape index (κ2) is 7.64. The van der Waals surface area contributed by atoms with E-state index in [4.69, 9.17) is 0 Å². The quantitative estimate of drug-likeness (QED) is 0.277. The Hall–Kier alpha value is -4.24. The Bertz CT molecular complexity index is 1670. The summed E-state index contributed by atoms with van der Waals surface area (Å²) in [5.74, 6) is 0.323. The summed E-state index contributed by atoms with van der Waals surface area (Å²) in [4.78, 5) is 3.64. The van der Waals surface area contributed by atoms with Crippen LogP contribution in [0.25, 0.3) is 45.7 Å². The van der Waals surface area contributed by atoms with E-state index in [0.29, 0.717) is 5.92 Å². The largest absolute Gasteiger partial charge is 0.358 e. The third kappa shape index (κ3) is 2.91. The second-order valence-electron chi connectivity index (χ2n) is 9.60. The van der Waals surface area contributed by atoms with E-state index in [0.717, 1.165) is 12.1 Å². The molecule has 0 saturated heterocycles. The van der Waals surface area contributed by atoms with Gasteiger partial charge in [-0.25, -0.2) is 0 Å². The van der Waals surface area contributed by atoms with Crippen LogP contribution >= 0.6 is 0 Å². The van der Waals surface area contributed by atoms with Crippen LogP contribution < -0.4 is 9.13 Å². The van der Waals surface area contributed by atoms with Crippen LogP contribution in [0.1, 0.15) is 40.8 Å². The summed E-state index contributed by atoms with van der Waals surface area (Å²) in [6, 6.07) is 26.9. The van der Waals surface area contributed by atoms with E-state index < -0.39 is 0 Å². The van der Waals surface area contributed by atoms with E-state index in [-0.39, 0.29) is 6.04 Å². The summed E-state index contributed by atoms with van der Waals surface area (Å²) in [6.45, 7) is 6.23. The molecule has 1 N–H and O–H groups in total. The van der Waals surface area contributed by atoms with Gasteiger partial charge in [-0.3, -0.25) is 0 Å². The minimum Gasteiger partial charge on any atom is -0.358 e. The monoisotopic (exact) mass is 453 g/mol. The highest BCUT2D eigenvalue weighted by Crippen LogP contribution is 2.46. The molecule has 2 atom stereocenters. The Balaban J connectivity index is 1.62. The third-order valence-electron chi connectivity index (χ3n) is 7.76. The molecular weight excluding hydrogens is 426 g/mol. The Morgan fingerprint density at radius 3 is 2.57 bits per heavy atom. The van der Waals surface area contributed by atoms with Crippen molar-refractivity contribution in [2.75, 3.05) is 0 Å². The first-order valence-corrected chi connectivity index (χ1v) is 12.3. The number of nitrogens with zero attached hydrogens (tertiary/aromatic N) is 2. The van der Waals surface area contributed by atoms with Gasteiger partial charge in [0, 0.05) is 57.6 Å². The lowest BCUT2D eigenvalue weighted by Gasteiger charge is -2.30. The average Bonchev–Trinajstić information content (AvgIpc) is 3.24. The van der Waals surface area contributed by atoms with Crippen LogP contribution in [0.15, 0.2) is 97.8 Å². The molecule has 5 aromatic rings. The number of hydrogen-bond donors (Lipinski definition) is 1. The summed E-state index contributed by atoms with van der Waals surface area (Å²) in [5, 5.41) is 1.22. The number of H-pyrrole nitrogens is 1. The lowest BCUT2D eigenvalue weighted by molar-refractivity contribution is -0.708. The zero-order valence-corrected chi connectivity index (χ0v) is 19.8. The van der Waals surface area contributed by atoms with Crippen LogP contribution in [-0.4, -0.2) is 4.98 Å². The first-order valence-electron chi connectivity index (χ1n) is 12.3. The van der Waals surface area contributed by atoms with Gasteiger partial charge < -0.3 is 4.98 Å². The molecule has 0 aliphatic carbocycles. The van der Waals surface area contributed by atoms with E-state index in [9.17, 15) is 0 Å². The molecular formula is C32H27N3+2. The molecule has 0 spiro atoms. The van der Waals surface area contributed by atoms with Crippen LogP contribution in [0, 0.1) is 6.92 Å². The molecule has 3 nitrogen and oxygen atoms in total. The van der Waals surface area contributed by atoms with E-state index >= 15 is 0 Å². The Labute approximate surface area is 205 Å². The van der Waals surface area contributed by atoms with Gasteiger partial charge in [-0.05, 0) is 55.3 Å². The first kappa shape index (κ1) is 20.2. The number of aromatic nitrogens is 3. The predicted octanol–water partition coefficient (Wildman–Crippen LogP) is 6.59. The average molecular weight is 454 g/mol. The van der Waals surface area contributed by atoms with Crippen molar-refractivity contribution in [2.45, 2.75) is 25.3 Å². The summed E-state index contributed by atoms with van der Waals surface area (Å²) in [6.07, 6.45) is 11.9. The molecule has 0 saturated carbocycles. The van der Waals surface area contributed by atoms with Gasteiger partial charge >= 0.3 is 0 Å². The number of nitrogens with one attached hydrogen (secondary N) is 1. The molecule has 0 radical (unpaired) electrons. The first-order chi connectivity index (χ1) is 17.2. The normalized spacial score (nSPS) is 18.7. The standard InChI is InChI=1S/C32H26N3/c1-3-22-21(2)33-29-20-28-27(19-26(22)29)30-14-6-8-16-34(30)17-10-13-25-23-11-4-5-12-24(23)31-15-7-9-18-35(31)32(25)28/h3-12,14-20,25,32H,1,13H2,2H3/q+1/p+1/b17-10+,30-27?. The van der Waals surface area contributed by atoms with E-state index in [2.05, 4.69) is 125 Å². The van der Waals surface area contributed by atoms with Crippen molar-refractivity contribution in [1.82, 2.24) is 4.98 Å². The number of allylic oxidation sites excluding steroid dienone is 1. The topological polar surface area (TPSA) is 23.5 Å². The van der Waals surface area contributed by atoms with Crippen molar-refractivity contribution in [3.8, 4) is 22.5 Å². The summed E-state index contributed by atoms with van der Waals surface area (Å²) in [7, 11) is 0. The number of fused-ring (bicyclic) bond motifs is 11. The highest BCUT2D eigenvalue weighted by atomic mass is 15.0. The van der Waals surface area contributed by atoms with Gasteiger partial charge in [0.1, 0.15) is 0 Å². The SMILES string of the molecule is C=Cc1c(C)[nH]c2cc3c(cc12)-c1cccc[n+]1/C=C/CC1c2ccccc2-c2cccc[n+]2C31. The third-order valence-corrected chi connectivity index (χ3v) is 7.76. The minimum absolute atomic E-state index is 0.174. The summed E-state index contributed by atoms with van der Waals surface area (Å²) >= 11 is 0. The highest BCUT2D eigenvalue weighted by molar-refractivity contribution is 5.94. The lowest BCUT2D eigenvalue weighted by atomic mass is 9.77. The Kier molecular flexibility index (Phi) is 4.40. The number of aromatic amines is 1. The maximum Gasteiger partial charge on any atom is 0.218 e. The van der Waals surface area contributed by atoms with E-state index in [1.165, 1.54) is 50.1 Å². The molecule has 2 aromatic carbocycles. The van der Waals surface area contributed by atoms with E-state index in [1.54, 1.807) is 0 Å². The molecule has 2 aliphatic heterocycles. The Morgan fingerprint density at radius 2 is 1.69 bits per heavy atom. The fourth-order valence-electron chi connectivity index (χ4n) is 6.25. The molecule has 0 fully saturated rings.